The summed E-state index contributed by atoms with van der Waals surface area (Å²) in [5.41, 5.74) is 0.747. The summed E-state index contributed by atoms with van der Waals surface area (Å²) in [6, 6.07) is 12.8. The molecule has 2 aromatic rings. The van der Waals surface area contributed by atoms with Crippen LogP contribution in [-0.4, -0.2) is 25.9 Å². The first-order chi connectivity index (χ1) is 13.0. The lowest BCUT2D eigenvalue weighted by atomic mass is 10.1. The Labute approximate surface area is 159 Å². The molecule has 2 aromatic carbocycles. The number of hydrogen-bond donors (Lipinski definition) is 1. The number of alkyl halides is 2. The number of ether oxygens (including phenoxy) is 2. The number of halogens is 2. The van der Waals surface area contributed by atoms with Gasteiger partial charge in [0.05, 0.1) is 14.2 Å². The molecule has 8 heteroatoms. The van der Waals surface area contributed by atoms with Crippen molar-refractivity contribution in [1.82, 2.24) is 0 Å². The molecule has 2 rings (SSSR count). The standard InChI is InChI=1S/C19H16F2N2O3S/c1-25-16-5-3-4-12(17(16)26-2)10-13(11-22)18(24)23-14-6-8-15(9-7-14)27-19(20)21/h3-10,19H,1-2H3,(H,23,24)/b13-10+. The van der Waals surface area contributed by atoms with Crippen molar-refractivity contribution in [2.75, 3.05) is 19.5 Å². The van der Waals surface area contributed by atoms with Crippen molar-refractivity contribution in [2.24, 2.45) is 0 Å². The lowest BCUT2D eigenvalue weighted by Crippen LogP contribution is -2.13. The van der Waals surface area contributed by atoms with Gasteiger partial charge >= 0.3 is 0 Å². The van der Waals surface area contributed by atoms with Crippen LogP contribution in [0, 0.1) is 11.3 Å². The summed E-state index contributed by atoms with van der Waals surface area (Å²) >= 11 is 0.411. The van der Waals surface area contributed by atoms with Gasteiger partial charge < -0.3 is 14.8 Å². The average Bonchev–Trinajstić information content (AvgIpc) is 2.66. The topological polar surface area (TPSA) is 71.3 Å². The second-order valence-electron chi connectivity index (χ2n) is 5.11. The second kappa shape index (κ2) is 9.59. The molecule has 27 heavy (non-hydrogen) atoms. The summed E-state index contributed by atoms with van der Waals surface area (Å²) in [7, 11) is 2.94. The number of nitrogens with one attached hydrogen (secondary N) is 1. The molecule has 0 fully saturated rings. The fraction of sp³-hybridized carbons (Fsp3) is 0.158. The molecule has 0 aliphatic carbocycles. The number of amides is 1. The summed E-state index contributed by atoms with van der Waals surface area (Å²) in [4.78, 5) is 12.7. The highest BCUT2D eigenvalue weighted by molar-refractivity contribution is 7.99. The van der Waals surface area contributed by atoms with Crippen molar-refractivity contribution in [1.29, 1.82) is 5.26 Å². The van der Waals surface area contributed by atoms with E-state index < -0.39 is 11.7 Å². The fourth-order valence-electron chi connectivity index (χ4n) is 2.25. The number of carbonyl (C=O) groups excluding carboxylic acids is 1. The number of rotatable bonds is 7. The minimum atomic E-state index is -2.52. The summed E-state index contributed by atoms with van der Waals surface area (Å²) in [5.74, 6) is -2.28. The quantitative estimate of drug-likeness (QED) is 0.426. The van der Waals surface area contributed by atoms with Gasteiger partial charge in [-0.25, -0.2) is 0 Å². The molecule has 0 heterocycles. The third kappa shape index (κ3) is 5.46. The van der Waals surface area contributed by atoms with Crippen LogP contribution in [0.5, 0.6) is 11.5 Å². The highest BCUT2D eigenvalue weighted by atomic mass is 32.2. The lowest BCUT2D eigenvalue weighted by molar-refractivity contribution is -0.112. The molecule has 0 bridgehead atoms. The Hall–Kier alpha value is -3.05. The number of hydrogen-bond acceptors (Lipinski definition) is 5. The Bertz CT molecular complexity index is 878. The summed E-state index contributed by atoms with van der Waals surface area (Å²) in [5, 5.41) is 11.9. The molecule has 0 atom stereocenters. The molecular weight excluding hydrogens is 374 g/mol. The van der Waals surface area contributed by atoms with E-state index in [-0.39, 0.29) is 5.57 Å². The van der Waals surface area contributed by atoms with E-state index in [1.54, 1.807) is 18.2 Å². The molecule has 0 spiro atoms. The van der Waals surface area contributed by atoms with E-state index in [0.717, 1.165) is 0 Å². The minimum absolute atomic E-state index is 0.146. The Morgan fingerprint density at radius 3 is 2.44 bits per heavy atom. The first-order valence-electron chi connectivity index (χ1n) is 7.67. The van der Waals surface area contributed by atoms with E-state index in [4.69, 9.17) is 9.47 Å². The van der Waals surface area contributed by atoms with Crippen molar-refractivity contribution < 1.29 is 23.0 Å². The Morgan fingerprint density at radius 2 is 1.89 bits per heavy atom. The highest BCUT2D eigenvalue weighted by Crippen LogP contribution is 2.32. The molecule has 140 valence electrons. The van der Waals surface area contributed by atoms with E-state index in [1.807, 2.05) is 6.07 Å². The monoisotopic (exact) mass is 390 g/mol. The van der Waals surface area contributed by atoms with Crippen LogP contribution < -0.4 is 14.8 Å². The maximum absolute atomic E-state index is 12.4. The number of anilines is 1. The van der Waals surface area contributed by atoms with Gasteiger partial charge in [-0.1, -0.05) is 23.9 Å². The first-order valence-corrected chi connectivity index (χ1v) is 8.55. The maximum atomic E-state index is 12.4. The van der Waals surface area contributed by atoms with Crippen molar-refractivity contribution in [3.8, 4) is 17.6 Å². The van der Waals surface area contributed by atoms with E-state index in [2.05, 4.69) is 5.32 Å². The summed E-state index contributed by atoms with van der Waals surface area (Å²) < 4.78 is 35.1. The number of benzene rings is 2. The molecule has 1 N–H and O–H groups in total. The number of nitrogens with zero attached hydrogens (tertiary/aromatic N) is 1. The van der Waals surface area contributed by atoms with Crippen molar-refractivity contribution >= 4 is 29.4 Å². The Morgan fingerprint density at radius 1 is 1.19 bits per heavy atom. The van der Waals surface area contributed by atoms with Gasteiger partial charge in [-0.2, -0.15) is 14.0 Å². The number of nitriles is 1. The van der Waals surface area contributed by atoms with Crippen LogP contribution in [-0.2, 0) is 4.79 Å². The van der Waals surface area contributed by atoms with E-state index >= 15 is 0 Å². The van der Waals surface area contributed by atoms with E-state index in [9.17, 15) is 18.8 Å². The minimum Gasteiger partial charge on any atom is -0.493 e. The first kappa shape index (κ1) is 20.3. The molecule has 0 aromatic heterocycles. The van der Waals surface area contributed by atoms with Crippen molar-refractivity contribution in [3.05, 3.63) is 53.6 Å². The van der Waals surface area contributed by atoms with Crippen LogP contribution in [0.1, 0.15) is 5.56 Å². The third-order valence-corrected chi connectivity index (χ3v) is 4.16. The zero-order chi connectivity index (χ0) is 19.8. The van der Waals surface area contributed by atoms with Crippen molar-refractivity contribution in [2.45, 2.75) is 10.7 Å². The molecule has 0 saturated heterocycles. The molecule has 0 saturated carbocycles. The number of methoxy groups -OCH3 is 2. The molecule has 1 amide bonds. The molecule has 0 unspecified atom stereocenters. The maximum Gasteiger partial charge on any atom is 0.288 e. The fourth-order valence-corrected chi connectivity index (χ4v) is 2.75. The number of thioether (sulfide) groups is 1. The van der Waals surface area contributed by atoms with Crippen LogP contribution in [0.25, 0.3) is 6.08 Å². The van der Waals surface area contributed by atoms with Gasteiger partial charge in [-0.15, -0.1) is 0 Å². The molecule has 0 aliphatic rings. The second-order valence-corrected chi connectivity index (χ2v) is 6.17. The molecule has 5 nitrogen and oxygen atoms in total. The average molecular weight is 390 g/mol. The van der Waals surface area contributed by atoms with Gasteiger partial charge in [0.15, 0.2) is 11.5 Å². The van der Waals surface area contributed by atoms with E-state index in [1.165, 1.54) is 44.6 Å². The smallest absolute Gasteiger partial charge is 0.288 e. The zero-order valence-corrected chi connectivity index (χ0v) is 15.3. The predicted molar refractivity (Wildman–Crippen MR) is 100 cm³/mol. The highest BCUT2D eigenvalue weighted by Gasteiger charge is 2.14. The summed E-state index contributed by atoms with van der Waals surface area (Å²) in [6.45, 7) is 0. The summed E-state index contributed by atoms with van der Waals surface area (Å²) in [6.07, 6.45) is 1.39. The van der Waals surface area contributed by atoms with Gasteiger partial charge in [0, 0.05) is 16.1 Å². The SMILES string of the molecule is COc1cccc(/C=C(\C#N)C(=O)Nc2ccc(SC(F)F)cc2)c1OC. The van der Waals surface area contributed by atoms with Gasteiger partial charge in [-0.3, -0.25) is 4.79 Å². The zero-order valence-electron chi connectivity index (χ0n) is 14.5. The Kier molecular flexibility index (Phi) is 7.20. The van der Waals surface area contributed by atoms with Crippen LogP contribution >= 0.6 is 11.8 Å². The third-order valence-electron chi connectivity index (χ3n) is 3.44. The van der Waals surface area contributed by atoms with Crippen molar-refractivity contribution in [3.63, 3.8) is 0 Å². The van der Waals surface area contributed by atoms with Gasteiger partial charge in [0.1, 0.15) is 11.6 Å². The van der Waals surface area contributed by atoms with Crippen LogP contribution in [0.4, 0.5) is 14.5 Å². The van der Waals surface area contributed by atoms with Gasteiger partial charge in [0.25, 0.3) is 11.7 Å². The van der Waals surface area contributed by atoms with Crippen LogP contribution in [0.15, 0.2) is 52.9 Å². The molecule has 0 radical (unpaired) electrons. The lowest BCUT2D eigenvalue weighted by Gasteiger charge is -2.10. The molecule has 0 aliphatic heterocycles. The number of para-hydroxylation sites is 1. The normalized spacial score (nSPS) is 11.0. The number of carbonyl (C=O) groups is 1. The Balaban J connectivity index is 2.21. The van der Waals surface area contributed by atoms with Crippen LogP contribution in [0.2, 0.25) is 0 Å². The predicted octanol–water partition coefficient (Wildman–Crippen LogP) is 4.56. The van der Waals surface area contributed by atoms with Crippen LogP contribution in [0.3, 0.4) is 0 Å². The van der Waals surface area contributed by atoms with E-state index in [0.29, 0.717) is 39.4 Å². The van der Waals surface area contributed by atoms with Gasteiger partial charge in [0.2, 0.25) is 0 Å². The largest absolute Gasteiger partial charge is 0.493 e. The van der Waals surface area contributed by atoms with Gasteiger partial charge in [-0.05, 0) is 36.4 Å². The molecular formula is C19H16F2N2O3S.